The normalized spacial score (nSPS) is 13.9. The highest BCUT2D eigenvalue weighted by Crippen LogP contribution is 2.20. The van der Waals surface area contributed by atoms with Crippen LogP contribution in [0.15, 0.2) is 71.5 Å². The Bertz CT molecular complexity index is 1040. The minimum Gasteiger partial charge on any atom is -0.445 e. The largest absolute Gasteiger partial charge is 0.445 e. The molecule has 0 saturated heterocycles. The Hall–Kier alpha value is -3.45. The highest BCUT2D eigenvalue weighted by Gasteiger charge is 2.31. The van der Waals surface area contributed by atoms with Gasteiger partial charge in [-0.1, -0.05) is 74.5 Å². The van der Waals surface area contributed by atoms with E-state index in [2.05, 4.69) is 10.6 Å². The Morgan fingerprint density at radius 1 is 0.939 bits per heavy atom. The number of ether oxygens (including phenoxy) is 1. The number of hydrogen-bond acceptors (Lipinski definition) is 5. The van der Waals surface area contributed by atoms with Gasteiger partial charge in [-0.3, -0.25) is 9.59 Å². The van der Waals surface area contributed by atoms with E-state index in [1.54, 1.807) is 0 Å². The molecule has 3 atom stereocenters. The van der Waals surface area contributed by atoms with Crippen LogP contribution in [0.5, 0.6) is 0 Å². The van der Waals surface area contributed by atoms with Gasteiger partial charge in [0.05, 0.1) is 6.04 Å². The number of rotatable bonds is 11. The molecule has 0 aliphatic carbocycles. The molecule has 0 radical (unpaired) electrons. The summed E-state index contributed by atoms with van der Waals surface area (Å²) in [5.74, 6) is -0.311. The average Bonchev–Trinajstić information content (AvgIpc) is 3.54. The first-order chi connectivity index (χ1) is 15.8. The van der Waals surface area contributed by atoms with Crippen LogP contribution in [0.4, 0.5) is 4.79 Å². The van der Waals surface area contributed by atoms with Gasteiger partial charge in [-0.25, -0.2) is 4.79 Å². The van der Waals surface area contributed by atoms with Crippen molar-refractivity contribution in [3.8, 4) is 0 Å². The lowest BCUT2D eigenvalue weighted by Crippen LogP contribution is -2.52. The van der Waals surface area contributed by atoms with Gasteiger partial charge in [0.15, 0.2) is 5.43 Å². The summed E-state index contributed by atoms with van der Waals surface area (Å²) in [7, 11) is 0. The van der Waals surface area contributed by atoms with Crippen molar-refractivity contribution in [3.05, 3.63) is 93.6 Å². The first kappa shape index (κ1) is 24.2. The van der Waals surface area contributed by atoms with Gasteiger partial charge < -0.3 is 20.5 Å². The number of nitrogens with one attached hydrogen (secondary N) is 2. The summed E-state index contributed by atoms with van der Waals surface area (Å²) in [6, 6.07) is 18.5. The summed E-state index contributed by atoms with van der Waals surface area (Å²) in [6.45, 7) is 3.98. The van der Waals surface area contributed by atoms with Crippen molar-refractivity contribution >= 4 is 12.0 Å². The van der Waals surface area contributed by atoms with Gasteiger partial charge in [-0.15, -0.1) is 0 Å². The molecule has 3 aromatic carbocycles. The van der Waals surface area contributed by atoms with E-state index in [9.17, 15) is 19.5 Å². The molecule has 3 N–H and O–H groups in total. The van der Waals surface area contributed by atoms with E-state index in [-0.39, 0.29) is 18.0 Å². The zero-order valence-corrected chi connectivity index (χ0v) is 18.9. The number of carbonyl (C=O) groups is 2. The SMILES string of the molecule is CC(C)C[C@H](NC(=O)OCc1ccccc1)C(=O)N[C@@H](Cc1ccccc1)C(O)c1cc1=O. The van der Waals surface area contributed by atoms with Crippen molar-refractivity contribution in [2.45, 2.75) is 51.5 Å². The van der Waals surface area contributed by atoms with Crippen molar-refractivity contribution in [2.75, 3.05) is 0 Å². The van der Waals surface area contributed by atoms with Crippen LogP contribution in [0, 0.1) is 5.92 Å². The Labute approximate surface area is 193 Å². The van der Waals surface area contributed by atoms with E-state index in [0.717, 1.165) is 11.1 Å². The van der Waals surface area contributed by atoms with Gasteiger partial charge in [0.25, 0.3) is 0 Å². The van der Waals surface area contributed by atoms with Crippen molar-refractivity contribution in [1.29, 1.82) is 0 Å². The van der Waals surface area contributed by atoms with E-state index in [1.165, 1.54) is 6.07 Å². The fraction of sp³-hybridized carbons (Fsp3) is 0.346. The molecule has 33 heavy (non-hydrogen) atoms. The third kappa shape index (κ3) is 7.57. The topological polar surface area (TPSA) is 105 Å². The molecule has 174 valence electrons. The molecule has 2 amide bonds. The summed E-state index contributed by atoms with van der Waals surface area (Å²) in [6.07, 6.45) is -1.08. The fourth-order valence-corrected chi connectivity index (χ4v) is 3.56. The zero-order chi connectivity index (χ0) is 23.8. The van der Waals surface area contributed by atoms with Crippen LogP contribution in [0.25, 0.3) is 0 Å². The molecule has 0 aliphatic rings. The Balaban J connectivity index is 1.66. The van der Waals surface area contributed by atoms with Gasteiger partial charge in [0, 0.05) is 5.56 Å². The molecule has 0 fully saturated rings. The Morgan fingerprint density at radius 2 is 1.52 bits per heavy atom. The van der Waals surface area contributed by atoms with Crippen molar-refractivity contribution in [2.24, 2.45) is 5.92 Å². The zero-order valence-electron chi connectivity index (χ0n) is 18.9. The van der Waals surface area contributed by atoms with Gasteiger partial charge >= 0.3 is 6.09 Å². The standard InChI is InChI=1S/C26H30N2O5/c1-17(2)13-22(28-26(32)33-16-19-11-7-4-8-12-19)25(31)27-21(24(30)20-15-23(20)29)14-18-9-5-3-6-10-18/h3-12,15,17,21-22,24,30H,13-14,16H2,1-2H3,(H,27,31)(H,28,32)/t21-,22-,24?/m0/s1. The summed E-state index contributed by atoms with van der Waals surface area (Å²) in [4.78, 5) is 37.0. The number of amides is 2. The lowest BCUT2D eigenvalue weighted by molar-refractivity contribution is -0.125. The monoisotopic (exact) mass is 450 g/mol. The van der Waals surface area contributed by atoms with Crippen LogP contribution in [0.1, 0.15) is 43.1 Å². The number of benzene rings is 2. The quantitative estimate of drug-likeness (QED) is 0.417. The minimum absolute atomic E-state index is 0.0916. The van der Waals surface area contributed by atoms with Gasteiger partial charge in [0.1, 0.15) is 18.8 Å². The smallest absolute Gasteiger partial charge is 0.408 e. The number of alkyl carbamates (subject to hydrolysis) is 1. The molecule has 3 aromatic rings. The van der Waals surface area contributed by atoms with Crippen LogP contribution in [-0.4, -0.2) is 29.2 Å². The van der Waals surface area contributed by atoms with Gasteiger partial charge in [-0.05, 0) is 36.0 Å². The minimum atomic E-state index is -1.12. The Morgan fingerprint density at radius 3 is 2.06 bits per heavy atom. The van der Waals surface area contributed by atoms with E-state index in [4.69, 9.17) is 4.74 Å². The predicted molar refractivity (Wildman–Crippen MR) is 125 cm³/mol. The predicted octanol–water partition coefficient (Wildman–Crippen LogP) is 3.02. The molecule has 0 bridgehead atoms. The molecule has 7 nitrogen and oxygen atoms in total. The second kappa shape index (κ2) is 11.4. The van der Waals surface area contributed by atoms with E-state index in [1.807, 2.05) is 74.5 Å². The number of aliphatic hydroxyl groups is 1. The summed E-state index contributed by atoms with van der Waals surface area (Å²) in [5, 5.41) is 16.2. The lowest BCUT2D eigenvalue weighted by atomic mass is 9.98. The first-order valence-corrected chi connectivity index (χ1v) is 11.1. The van der Waals surface area contributed by atoms with E-state index < -0.39 is 30.2 Å². The van der Waals surface area contributed by atoms with Crippen molar-refractivity contribution < 1.29 is 19.4 Å². The summed E-state index contributed by atoms with van der Waals surface area (Å²) >= 11 is 0. The van der Waals surface area contributed by atoms with E-state index in [0.29, 0.717) is 18.4 Å². The summed E-state index contributed by atoms with van der Waals surface area (Å²) < 4.78 is 5.27. The molecule has 0 aliphatic heterocycles. The highest BCUT2D eigenvalue weighted by molar-refractivity contribution is 5.86. The third-order valence-electron chi connectivity index (χ3n) is 5.34. The van der Waals surface area contributed by atoms with Crippen LogP contribution in [0.3, 0.4) is 0 Å². The maximum Gasteiger partial charge on any atom is 0.408 e. The van der Waals surface area contributed by atoms with Gasteiger partial charge in [-0.2, -0.15) is 0 Å². The molecule has 0 heterocycles. The molecular weight excluding hydrogens is 420 g/mol. The third-order valence-corrected chi connectivity index (χ3v) is 5.34. The molecule has 0 saturated carbocycles. The maximum atomic E-state index is 13.1. The first-order valence-electron chi connectivity index (χ1n) is 11.1. The molecule has 0 aromatic heterocycles. The molecule has 7 heteroatoms. The van der Waals surface area contributed by atoms with Crippen LogP contribution in [0.2, 0.25) is 0 Å². The second-order valence-electron chi connectivity index (χ2n) is 8.60. The van der Waals surface area contributed by atoms with Crippen molar-refractivity contribution in [3.63, 3.8) is 0 Å². The fourth-order valence-electron chi connectivity index (χ4n) is 3.56. The molecule has 3 rings (SSSR count). The van der Waals surface area contributed by atoms with E-state index >= 15 is 0 Å². The van der Waals surface area contributed by atoms with Crippen LogP contribution in [-0.2, 0) is 22.6 Å². The number of hydrogen-bond donors (Lipinski definition) is 3. The number of carbonyl (C=O) groups excluding carboxylic acids is 2. The maximum absolute atomic E-state index is 13.1. The second-order valence-corrected chi connectivity index (χ2v) is 8.60. The molecular formula is C26H30N2O5. The molecule has 0 spiro atoms. The Kier molecular flexibility index (Phi) is 8.38. The lowest BCUT2D eigenvalue weighted by Gasteiger charge is -2.26. The van der Waals surface area contributed by atoms with Crippen LogP contribution < -0.4 is 16.1 Å². The van der Waals surface area contributed by atoms with Crippen molar-refractivity contribution in [1.82, 2.24) is 10.6 Å². The average molecular weight is 451 g/mol. The van der Waals surface area contributed by atoms with Crippen LogP contribution >= 0.6 is 0 Å². The highest BCUT2D eigenvalue weighted by atomic mass is 16.5. The van der Waals surface area contributed by atoms with Gasteiger partial charge in [0.2, 0.25) is 5.91 Å². The molecule has 1 unspecified atom stereocenters. The number of aliphatic hydroxyl groups excluding tert-OH is 1. The summed E-state index contributed by atoms with van der Waals surface area (Å²) in [5.41, 5.74) is 1.83.